The first kappa shape index (κ1) is 24.8. The summed E-state index contributed by atoms with van der Waals surface area (Å²) in [6, 6.07) is 0. The summed E-state index contributed by atoms with van der Waals surface area (Å²) in [4.78, 5) is 0. The van der Waals surface area contributed by atoms with Gasteiger partial charge in [-0.15, -0.1) is 17.2 Å². The number of rotatable bonds is 0. The molecular weight excluding hydrogens is 320 g/mol. The fourth-order valence-corrected chi connectivity index (χ4v) is 0. The molecule has 2 unspecified atom stereocenters. The summed E-state index contributed by atoms with van der Waals surface area (Å²) in [7, 11) is 2.13. The summed E-state index contributed by atoms with van der Waals surface area (Å²) in [5, 5.41) is 1.14. The van der Waals surface area contributed by atoms with Gasteiger partial charge in [0.05, 0.1) is 0 Å². The summed E-state index contributed by atoms with van der Waals surface area (Å²) >= 11 is 0. The molecule has 0 heterocycles. The van der Waals surface area contributed by atoms with E-state index in [0.717, 1.165) is 17.2 Å². The van der Waals surface area contributed by atoms with Crippen molar-refractivity contribution in [3.63, 3.8) is 0 Å². The molecule has 0 saturated heterocycles. The molecule has 14 heavy (non-hydrogen) atoms. The zero-order valence-corrected chi connectivity index (χ0v) is 15.1. The third kappa shape index (κ3) is 37.3. The van der Waals surface area contributed by atoms with Crippen LogP contribution in [0.2, 0.25) is 0 Å². The van der Waals surface area contributed by atoms with Crippen LogP contribution >= 0.6 is 17.2 Å². The Morgan fingerprint density at radius 2 is 0.714 bits per heavy atom. The van der Waals surface area contributed by atoms with Crippen molar-refractivity contribution in [2.75, 3.05) is 13.3 Å². The zero-order chi connectivity index (χ0) is 10.4. The van der Waals surface area contributed by atoms with Crippen LogP contribution in [0, 0.1) is 0 Å². The Morgan fingerprint density at radius 3 is 0.714 bits per heavy atom. The minimum Gasteiger partial charge on any atom is -1.00 e. The van der Waals surface area contributed by atoms with Gasteiger partial charge in [0, 0.05) is 0 Å². The van der Waals surface area contributed by atoms with Crippen molar-refractivity contribution >= 4 is 25.6 Å². The number of halogens is 1. The first-order valence-electron chi connectivity index (χ1n) is 4.50. The summed E-state index contributed by atoms with van der Waals surface area (Å²) in [6.45, 7) is 18.0. The van der Waals surface area contributed by atoms with Gasteiger partial charge in [-0.1, -0.05) is 41.5 Å². The molecule has 0 aromatic heterocycles. The van der Waals surface area contributed by atoms with Gasteiger partial charge in [0.2, 0.25) is 0 Å². The molecule has 0 N–H and O–H groups in total. The minimum absolute atomic E-state index is 0. The van der Waals surface area contributed by atoms with Crippen LogP contribution in [0.5, 0.6) is 0 Å². The van der Waals surface area contributed by atoms with E-state index in [1.807, 2.05) is 0 Å². The van der Waals surface area contributed by atoms with Crippen molar-refractivity contribution in [1.82, 2.24) is 0 Å². The summed E-state index contributed by atoms with van der Waals surface area (Å²) in [5.41, 5.74) is 0. The van der Waals surface area contributed by atoms with Gasteiger partial charge < -0.3 is 24.0 Å². The normalized spacial score (nSPS) is 12.0. The van der Waals surface area contributed by atoms with Crippen molar-refractivity contribution in [2.24, 2.45) is 0 Å². The maximum Gasteiger partial charge on any atom is 1.00 e. The first-order valence-corrected chi connectivity index (χ1v) is 7.50. The molecule has 0 spiro atoms. The summed E-state index contributed by atoms with van der Waals surface area (Å²) in [5.74, 6) is 0. The van der Waals surface area contributed by atoms with E-state index >= 15 is 0 Å². The second kappa shape index (κ2) is 11.1. The Kier molecular flexibility index (Phi) is 19.7. The van der Waals surface area contributed by atoms with E-state index < -0.39 is 0 Å². The molecule has 2 atom stereocenters. The van der Waals surface area contributed by atoms with E-state index in [1.165, 1.54) is 0 Å². The largest absolute Gasteiger partial charge is 1.00 e. The Bertz CT molecular complexity index is 91.7. The molecule has 0 aromatic rings. The monoisotopic (exact) mass is 346 g/mol. The van der Waals surface area contributed by atoms with Gasteiger partial charge in [0.25, 0.3) is 0 Å². The number of hydrogen-bond acceptors (Lipinski definition) is 0. The molecule has 0 aliphatic rings. The fourth-order valence-electron chi connectivity index (χ4n) is 0. The third-order valence-electron chi connectivity index (χ3n) is 1.50. The van der Waals surface area contributed by atoms with Crippen LogP contribution in [0.1, 0.15) is 41.5 Å². The molecule has 0 aromatic carbocycles. The average Bonchev–Trinajstić information content (AvgIpc) is 1.86. The molecule has 4 heteroatoms. The van der Waals surface area contributed by atoms with Crippen LogP contribution < -0.4 is 24.0 Å². The van der Waals surface area contributed by atoms with E-state index in [1.54, 1.807) is 0 Å². The van der Waals surface area contributed by atoms with Crippen LogP contribution in [-0.4, -0.2) is 32.1 Å². The minimum atomic E-state index is 0. The van der Waals surface area contributed by atoms with Crippen molar-refractivity contribution in [1.29, 1.82) is 0 Å². The van der Waals surface area contributed by atoms with Crippen LogP contribution in [-0.2, 0) is 0 Å². The Morgan fingerprint density at radius 1 is 0.643 bits per heavy atom. The molecule has 0 bridgehead atoms. The average molecular weight is 346 g/mol. The van der Waals surface area contributed by atoms with Gasteiger partial charge in [0.15, 0.2) is 0 Å². The standard InChI is InChI=1S/2C5H13P.B.HI/c2*1-5(2,3)6-4;;/h2*6H,1-4H3;;1H/q;;+1;/p-1. The van der Waals surface area contributed by atoms with Gasteiger partial charge in [-0.3, -0.25) is 0 Å². The van der Waals surface area contributed by atoms with E-state index in [0.29, 0.717) is 10.3 Å². The molecule has 0 nitrogen and oxygen atoms in total. The maximum atomic E-state index is 2.26. The van der Waals surface area contributed by atoms with Crippen molar-refractivity contribution in [3.05, 3.63) is 0 Å². The van der Waals surface area contributed by atoms with Gasteiger partial charge in [-0.05, 0) is 23.6 Å². The zero-order valence-electron chi connectivity index (χ0n) is 11.0. The SMILES string of the molecule is CPC(C)(C)C.CPC(C)(C)C.[B+].[I-]. The topological polar surface area (TPSA) is 0 Å². The molecule has 0 fully saturated rings. The van der Waals surface area contributed by atoms with Crippen LogP contribution in [0.4, 0.5) is 0 Å². The van der Waals surface area contributed by atoms with Gasteiger partial charge in [0.1, 0.15) is 0 Å². The second-order valence-corrected chi connectivity index (χ2v) is 9.00. The van der Waals surface area contributed by atoms with Crippen molar-refractivity contribution < 1.29 is 24.0 Å². The number of hydrogen-bond donors (Lipinski definition) is 0. The summed E-state index contributed by atoms with van der Waals surface area (Å²) in [6.07, 6.45) is 0. The molecule has 2 radical (unpaired) electrons. The maximum absolute atomic E-state index is 2.26. The quantitative estimate of drug-likeness (QED) is 0.346. The van der Waals surface area contributed by atoms with E-state index in [2.05, 4.69) is 54.9 Å². The predicted molar refractivity (Wildman–Crippen MR) is 73.7 cm³/mol. The Hall–Kier alpha value is 1.65. The second-order valence-electron chi connectivity index (χ2n) is 5.00. The molecule has 0 amide bonds. The van der Waals surface area contributed by atoms with Crippen molar-refractivity contribution in [2.45, 2.75) is 51.9 Å². The first-order chi connectivity index (χ1) is 5.12. The predicted octanol–water partition coefficient (Wildman–Crippen LogP) is 0.810. The van der Waals surface area contributed by atoms with Crippen molar-refractivity contribution in [3.8, 4) is 0 Å². The Labute approximate surface area is 114 Å². The van der Waals surface area contributed by atoms with Gasteiger partial charge in [-0.25, -0.2) is 0 Å². The molecule has 86 valence electrons. The molecule has 0 saturated carbocycles. The third-order valence-corrected chi connectivity index (χ3v) is 4.50. The summed E-state index contributed by atoms with van der Waals surface area (Å²) < 4.78 is 0. The molecular formula is C10H26BIP2. The van der Waals surface area contributed by atoms with E-state index in [-0.39, 0.29) is 32.4 Å². The van der Waals surface area contributed by atoms with Crippen LogP contribution in [0.3, 0.4) is 0 Å². The van der Waals surface area contributed by atoms with Gasteiger partial charge in [-0.2, -0.15) is 0 Å². The van der Waals surface area contributed by atoms with E-state index in [9.17, 15) is 0 Å². The smallest absolute Gasteiger partial charge is 1.00 e. The van der Waals surface area contributed by atoms with Crippen LogP contribution in [0.15, 0.2) is 0 Å². The molecule has 0 rings (SSSR count). The Balaban J connectivity index is -0.0000000625. The molecule has 0 aliphatic heterocycles. The van der Waals surface area contributed by atoms with E-state index in [4.69, 9.17) is 0 Å². The fraction of sp³-hybridized carbons (Fsp3) is 1.00. The molecule has 0 aliphatic carbocycles. The van der Waals surface area contributed by atoms with Crippen LogP contribution in [0.25, 0.3) is 0 Å². The van der Waals surface area contributed by atoms with Gasteiger partial charge >= 0.3 is 8.41 Å².